The lowest BCUT2D eigenvalue weighted by Gasteiger charge is -2.23. The number of benzene rings is 2. The van der Waals surface area contributed by atoms with Gasteiger partial charge in [0, 0.05) is 5.02 Å². The van der Waals surface area contributed by atoms with E-state index in [0.717, 1.165) is 22.0 Å². The lowest BCUT2D eigenvalue weighted by Crippen LogP contribution is -2.33. The van der Waals surface area contributed by atoms with Crippen molar-refractivity contribution in [2.75, 3.05) is 5.01 Å². The predicted octanol–water partition coefficient (Wildman–Crippen LogP) is 5.57. The van der Waals surface area contributed by atoms with Crippen molar-refractivity contribution in [3.05, 3.63) is 64.1 Å². The minimum absolute atomic E-state index is 0.359. The molecule has 0 bridgehead atoms. The second-order valence-electron chi connectivity index (χ2n) is 5.65. The summed E-state index contributed by atoms with van der Waals surface area (Å²) in [5.74, 6) is 0. The summed E-state index contributed by atoms with van der Waals surface area (Å²) in [6, 6.07) is 15.2. The molecule has 2 aromatic rings. The molecular formula is C17H14Cl2N2S. The van der Waals surface area contributed by atoms with E-state index in [9.17, 15) is 0 Å². The van der Waals surface area contributed by atoms with Crippen molar-refractivity contribution < 1.29 is 0 Å². The average Bonchev–Trinajstić information content (AvgIpc) is 2.72. The fourth-order valence-corrected chi connectivity index (χ4v) is 3.03. The van der Waals surface area contributed by atoms with E-state index >= 15 is 0 Å². The second kappa shape index (κ2) is 5.65. The molecule has 0 saturated heterocycles. The van der Waals surface area contributed by atoms with Crippen LogP contribution in [-0.4, -0.2) is 10.7 Å². The Bertz CT molecular complexity index is 766. The lowest BCUT2D eigenvalue weighted by molar-refractivity contribution is 0.751. The Hall–Kier alpha value is -1.42. The molecule has 0 fully saturated rings. The maximum absolute atomic E-state index is 6.29. The molecule has 0 unspecified atom stereocenters. The molecule has 1 heterocycles. The fraction of sp³-hybridized carbons (Fsp3) is 0.176. The largest absolute Gasteiger partial charge is 0.224 e. The summed E-state index contributed by atoms with van der Waals surface area (Å²) in [6.45, 7) is 4.14. The number of hydrogen-bond donors (Lipinski definition) is 0. The number of hydrogen-bond acceptors (Lipinski definition) is 2. The van der Waals surface area contributed by atoms with Crippen LogP contribution >= 0.6 is 35.4 Å². The molecule has 2 aromatic carbocycles. The summed E-state index contributed by atoms with van der Waals surface area (Å²) in [4.78, 5) is 0.727. The van der Waals surface area contributed by atoms with Crippen LogP contribution in [0.4, 0.5) is 5.69 Å². The first kappa shape index (κ1) is 15.5. The first-order chi connectivity index (χ1) is 10.4. The van der Waals surface area contributed by atoms with E-state index in [1.54, 1.807) is 5.01 Å². The van der Waals surface area contributed by atoms with Crippen LogP contribution in [0.2, 0.25) is 10.0 Å². The molecule has 0 aliphatic carbocycles. The third kappa shape index (κ3) is 2.54. The topological polar surface area (TPSA) is 15.6 Å². The molecule has 1 aliphatic heterocycles. The van der Waals surface area contributed by atoms with E-state index in [2.05, 4.69) is 13.8 Å². The highest BCUT2D eigenvalue weighted by Gasteiger charge is 2.41. The number of halogens is 2. The number of thiocarbonyl (C=S) groups is 1. The molecule has 1 aliphatic rings. The first-order valence-corrected chi connectivity index (χ1v) is 8.02. The van der Waals surface area contributed by atoms with Crippen LogP contribution in [-0.2, 0) is 0 Å². The molecule has 0 N–H and O–H groups in total. The summed E-state index contributed by atoms with van der Waals surface area (Å²) in [5.41, 5.74) is 2.36. The van der Waals surface area contributed by atoms with Gasteiger partial charge in [-0.15, -0.1) is 0 Å². The maximum Gasteiger partial charge on any atom is 0.117 e. The smallest absolute Gasteiger partial charge is 0.117 e. The monoisotopic (exact) mass is 348 g/mol. The SMILES string of the molecule is CC1(C)C(=S)N(c2ccccc2Cl)N=C1c1ccc(Cl)cc1. The molecule has 0 atom stereocenters. The van der Waals surface area contributed by atoms with Crippen molar-refractivity contribution in [3.63, 3.8) is 0 Å². The highest BCUT2D eigenvalue weighted by molar-refractivity contribution is 7.80. The number of nitrogens with zero attached hydrogens (tertiary/aromatic N) is 2. The molecule has 0 aromatic heterocycles. The Balaban J connectivity index is 2.10. The van der Waals surface area contributed by atoms with E-state index in [1.807, 2.05) is 48.5 Å². The third-order valence-corrected chi connectivity index (χ3v) is 4.97. The van der Waals surface area contributed by atoms with Crippen LogP contribution in [0.25, 0.3) is 0 Å². The van der Waals surface area contributed by atoms with Crippen molar-refractivity contribution in [1.29, 1.82) is 0 Å². The minimum atomic E-state index is -0.359. The van der Waals surface area contributed by atoms with E-state index < -0.39 is 0 Å². The minimum Gasteiger partial charge on any atom is -0.224 e. The van der Waals surface area contributed by atoms with E-state index in [4.69, 9.17) is 40.5 Å². The van der Waals surface area contributed by atoms with Crippen LogP contribution < -0.4 is 5.01 Å². The van der Waals surface area contributed by atoms with E-state index in [-0.39, 0.29) is 5.41 Å². The third-order valence-electron chi connectivity index (χ3n) is 3.72. The van der Waals surface area contributed by atoms with Crippen LogP contribution in [0, 0.1) is 5.41 Å². The zero-order valence-corrected chi connectivity index (χ0v) is 14.5. The van der Waals surface area contributed by atoms with Gasteiger partial charge in [-0.1, -0.05) is 59.7 Å². The molecule has 3 rings (SSSR count). The molecule has 22 heavy (non-hydrogen) atoms. The summed E-state index contributed by atoms with van der Waals surface area (Å²) in [5, 5.41) is 7.81. The van der Waals surface area contributed by atoms with Gasteiger partial charge in [0.25, 0.3) is 0 Å². The normalized spacial score (nSPS) is 16.8. The maximum atomic E-state index is 6.29. The van der Waals surface area contributed by atoms with Crippen molar-refractivity contribution in [1.82, 2.24) is 0 Å². The highest BCUT2D eigenvalue weighted by atomic mass is 35.5. The molecule has 2 nitrogen and oxygen atoms in total. The van der Waals surface area contributed by atoms with E-state index in [0.29, 0.717) is 10.0 Å². The zero-order valence-electron chi connectivity index (χ0n) is 12.2. The van der Waals surface area contributed by atoms with Gasteiger partial charge in [-0.25, -0.2) is 5.01 Å². The summed E-state index contributed by atoms with van der Waals surface area (Å²) in [7, 11) is 0. The average molecular weight is 349 g/mol. The molecule has 0 radical (unpaired) electrons. The molecule has 5 heteroatoms. The molecule has 0 amide bonds. The zero-order chi connectivity index (χ0) is 15.9. The fourth-order valence-electron chi connectivity index (χ4n) is 2.45. The number of hydrazone groups is 1. The Kier molecular flexibility index (Phi) is 3.98. The lowest BCUT2D eigenvalue weighted by atomic mass is 9.84. The van der Waals surface area contributed by atoms with Crippen LogP contribution in [0.1, 0.15) is 19.4 Å². The molecule has 0 spiro atoms. The van der Waals surface area contributed by atoms with Crippen molar-refractivity contribution in [3.8, 4) is 0 Å². The van der Waals surface area contributed by atoms with Gasteiger partial charge in [-0.3, -0.25) is 0 Å². The summed E-state index contributed by atoms with van der Waals surface area (Å²) < 4.78 is 0. The van der Waals surface area contributed by atoms with Gasteiger partial charge >= 0.3 is 0 Å². The Morgan fingerprint density at radius 2 is 1.64 bits per heavy atom. The van der Waals surface area contributed by atoms with Gasteiger partial charge in [0.1, 0.15) is 4.99 Å². The Labute approximate surface area is 145 Å². The van der Waals surface area contributed by atoms with Crippen LogP contribution in [0.3, 0.4) is 0 Å². The second-order valence-corrected chi connectivity index (χ2v) is 6.88. The number of anilines is 1. The molecular weight excluding hydrogens is 335 g/mol. The number of rotatable bonds is 2. The van der Waals surface area contributed by atoms with E-state index in [1.165, 1.54) is 0 Å². The van der Waals surface area contributed by atoms with Crippen LogP contribution in [0.5, 0.6) is 0 Å². The standard InChI is InChI=1S/C17H14Cl2N2S/c1-17(2)15(11-7-9-12(18)10-8-11)20-21(16(17)22)14-6-4-3-5-13(14)19/h3-10H,1-2H3. The predicted molar refractivity (Wildman–Crippen MR) is 98.3 cm³/mol. The quantitative estimate of drug-likeness (QED) is 0.659. The Morgan fingerprint density at radius 1 is 1.00 bits per heavy atom. The van der Waals surface area contributed by atoms with Gasteiger partial charge in [-0.2, -0.15) is 5.10 Å². The van der Waals surface area contributed by atoms with Gasteiger partial charge in [-0.05, 0) is 43.7 Å². The first-order valence-electron chi connectivity index (χ1n) is 6.85. The van der Waals surface area contributed by atoms with Crippen molar-refractivity contribution >= 4 is 51.8 Å². The number of para-hydroxylation sites is 1. The van der Waals surface area contributed by atoms with Crippen molar-refractivity contribution in [2.45, 2.75) is 13.8 Å². The van der Waals surface area contributed by atoms with Gasteiger partial charge in [0.2, 0.25) is 0 Å². The molecule has 0 saturated carbocycles. The Morgan fingerprint density at radius 3 is 2.27 bits per heavy atom. The summed E-state index contributed by atoms with van der Waals surface area (Å²) >= 11 is 17.9. The van der Waals surface area contributed by atoms with Crippen molar-refractivity contribution in [2.24, 2.45) is 10.5 Å². The summed E-state index contributed by atoms with van der Waals surface area (Å²) in [6.07, 6.45) is 0. The van der Waals surface area contributed by atoms with Gasteiger partial charge < -0.3 is 0 Å². The molecule has 112 valence electrons. The van der Waals surface area contributed by atoms with Crippen LogP contribution in [0.15, 0.2) is 53.6 Å². The van der Waals surface area contributed by atoms with Gasteiger partial charge in [0.15, 0.2) is 0 Å². The highest BCUT2D eigenvalue weighted by Crippen LogP contribution is 2.38. The van der Waals surface area contributed by atoms with Gasteiger partial charge in [0.05, 0.1) is 21.8 Å².